The van der Waals surface area contributed by atoms with E-state index < -0.39 is 5.60 Å². The Morgan fingerprint density at radius 3 is 2.94 bits per heavy atom. The first-order valence-corrected chi connectivity index (χ1v) is 6.16. The van der Waals surface area contributed by atoms with E-state index in [-0.39, 0.29) is 12.5 Å². The summed E-state index contributed by atoms with van der Waals surface area (Å²) in [5.41, 5.74) is 1.74. The predicted molar refractivity (Wildman–Crippen MR) is 68.6 cm³/mol. The number of benzene rings is 1. The topological polar surface area (TPSA) is 58.6 Å². The molecule has 1 amide bonds. The molecule has 2 N–H and O–H groups in total. The molecule has 1 aromatic carbocycles. The number of hydrogen-bond acceptors (Lipinski definition) is 3. The quantitative estimate of drug-likeness (QED) is 0.846. The van der Waals surface area contributed by atoms with Crippen LogP contribution in [0, 0.1) is 13.8 Å². The molecule has 2 rings (SSSR count). The molecule has 1 atom stereocenters. The minimum atomic E-state index is -0.909. The van der Waals surface area contributed by atoms with Crippen molar-refractivity contribution in [2.24, 2.45) is 0 Å². The van der Waals surface area contributed by atoms with Gasteiger partial charge in [-0.25, -0.2) is 0 Å². The summed E-state index contributed by atoms with van der Waals surface area (Å²) in [4.78, 5) is 12.1. The Balaban J connectivity index is 2.01. The zero-order valence-corrected chi connectivity index (χ0v) is 10.8. The molecule has 1 saturated heterocycles. The molecule has 0 saturated carbocycles. The average Bonchev–Trinajstić information content (AvgIpc) is 2.77. The second-order valence-electron chi connectivity index (χ2n) is 5.03. The van der Waals surface area contributed by atoms with Crippen LogP contribution in [-0.4, -0.2) is 36.4 Å². The van der Waals surface area contributed by atoms with Crippen LogP contribution in [0.1, 0.15) is 27.9 Å². The molecule has 1 unspecified atom stereocenters. The van der Waals surface area contributed by atoms with Gasteiger partial charge in [0, 0.05) is 25.1 Å². The van der Waals surface area contributed by atoms with Gasteiger partial charge in [0.2, 0.25) is 0 Å². The molecular weight excluding hydrogens is 230 g/mol. The summed E-state index contributed by atoms with van der Waals surface area (Å²) < 4.78 is 5.14. The van der Waals surface area contributed by atoms with Crippen LogP contribution in [0.4, 0.5) is 0 Å². The van der Waals surface area contributed by atoms with E-state index >= 15 is 0 Å². The number of carbonyl (C=O) groups excluding carboxylic acids is 1. The van der Waals surface area contributed by atoms with Crippen LogP contribution < -0.4 is 5.32 Å². The van der Waals surface area contributed by atoms with Gasteiger partial charge in [-0.2, -0.15) is 0 Å². The number of aryl methyl sites for hydroxylation is 2. The van der Waals surface area contributed by atoms with Crippen molar-refractivity contribution < 1.29 is 14.6 Å². The van der Waals surface area contributed by atoms with Gasteiger partial charge in [0.25, 0.3) is 5.91 Å². The normalized spacial score (nSPS) is 23.1. The maximum Gasteiger partial charge on any atom is 0.251 e. The lowest BCUT2D eigenvalue weighted by atomic mass is 10.0. The minimum absolute atomic E-state index is 0.142. The Hall–Kier alpha value is -1.39. The van der Waals surface area contributed by atoms with Crippen LogP contribution in [0.3, 0.4) is 0 Å². The number of nitrogens with one attached hydrogen (secondary N) is 1. The highest BCUT2D eigenvalue weighted by molar-refractivity contribution is 5.95. The zero-order valence-electron chi connectivity index (χ0n) is 10.8. The summed E-state index contributed by atoms with van der Waals surface area (Å²) in [6.45, 7) is 4.94. The van der Waals surface area contributed by atoms with Crippen LogP contribution in [-0.2, 0) is 4.74 Å². The average molecular weight is 249 g/mol. The van der Waals surface area contributed by atoms with Crippen LogP contribution in [0.15, 0.2) is 18.2 Å². The van der Waals surface area contributed by atoms with Crippen molar-refractivity contribution in [3.63, 3.8) is 0 Å². The van der Waals surface area contributed by atoms with Crippen LogP contribution in [0.25, 0.3) is 0 Å². The van der Waals surface area contributed by atoms with E-state index in [2.05, 4.69) is 5.32 Å². The first-order chi connectivity index (χ1) is 8.50. The Labute approximate surface area is 107 Å². The largest absolute Gasteiger partial charge is 0.386 e. The van der Waals surface area contributed by atoms with Crippen LogP contribution in [0.2, 0.25) is 0 Å². The molecule has 18 heavy (non-hydrogen) atoms. The summed E-state index contributed by atoms with van der Waals surface area (Å²) in [5.74, 6) is -0.142. The molecule has 98 valence electrons. The Morgan fingerprint density at radius 1 is 1.50 bits per heavy atom. The molecule has 0 aliphatic carbocycles. The van der Waals surface area contributed by atoms with E-state index in [0.29, 0.717) is 25.2 Å². The summed E-state index contributed by atoms with van der Waals surface area (Å²) in [6, 6.07) is 5.77. The first-order valence-electron chi connectivity index (χ1n) is 6.16. The molecule has 4 heteroatoms. The fraction of sp³-hybridized carbons (Fsp3) is 0.500. The molecule has 0 aromatic heterocycles. The third-order valence-corrected chi connectivity index (χ3v) is 3.30. The highest BCUT2D eigenvalue weighted by atomic mass is 16.5. The van der Waals surface area contributed by atoms with Crippen molar-refractivity contribution >= 4 is 5.91 Å². The smallest absolute Gasteiger partial charge is 0.251 e. The third kappa shape index (κ3) is 2.89. The number of rotatable bonds is 3. The molecule has 1 aromatic rings. The summed E-state index contributed by atoms with van der Waals surface area (Å²) in [5, 5.41) is 12.9. The van der Waals surface area contributed by atoms with Crippen molar-refractivity contribution in [3.05, 3.63) is 34.9 Å². The Kier molecular flexibility index (Phi) is 3.68. The maximum atomic E-state index is 12.1. The SMILES string of the molecule is Cc1ccc(C)c(C(=O)NCC2(O)CCOC2)c1. The lowest BCUT2D eigenvalue weighted by Gasteiger charge is -2.21. The summed E-state index contributed by atoms with van der Waals surface area (Å²) in [7, 11) is 0. The lowest BCUT2D eigenvalue weighted by molar-refractivity contribution is 0.0264. The van der Waals surface area contributed by atoms with E-state index in [0.717, 1.165) is 11.1 Å². The molecule has 0 bridgehead atoms. The highest BCUT2D eigenvalue weighted by Crippen LogP contribution is 2.17. The van der Waals surface area contributed by atoms with Gasteiger partial charge in [0.05, 0.1) is 6.61 Å². The monoisotopic (exact) mass is 249 g/mol. The molecule has 4 nitrogen and oxygen atoms in total. The van der Waals surface area contributed by atoms with Gasteiger partial charge in [-0.3, -0.25) is 4.79 Å². The number of hydrogen-bond donors (Lipinski definition) is 2. The predicted octanol–water partition coefficient (Wildman–Crippen LogP) is 1.18. The van der Waals surface area contributed by atoms with Gasteiger partial charge < -0.3 is 15.2 Å². The third-order valence-electron chi connectivity index (χ3n) is 3.30. The fourth-order valence-electron chi connectivity index (χ4n) is 2.06. The van der Waals surface area contributed by atoms with Crippen LogP contribution in [0.5, 0.6) is 0 Å². The number of carbonyl (C=O) groups is 1. The van der Waals surface area contributed by atoms with Crippen molar-refractivity contribution in [1.29, 1.82) is 0 Å². The first kappa shape index (κ1) is 13.1. The minimum Gasteiger partial charge on any atom is -0.386 e. The van der Waals surface area contributed by atoms with Crippen LogP contribution >= 0.6 is 0 Å². The maximum absolute atomic E-state index is 12.1. The van der Waals surface area contributed by atoms with E-state index in [1.54, 1.807) is 0 Å². The van der Waals surface area contributed by atoms with Crippen molar-refractivity contribution in [2.45, 2.75) is 25.9 Å². The van der Waals surface area contributed by atoms with Crippen molar-refractivity contribution in [2.75, 3.05) is 19.8 Å². The fourth-order valence-corrected chi connectivity index (χ4v) is 2.06. The molecule has 1 heterocycles. The van der Waals surface area contributed by atoms with Gasteiger partial charge in [-0.15, -0.1) is 0 Å². The van der Waals surface area contributed by atoms with E-state index in [9.17, 15) is 9.90 Å². The second-order valence-corrected chi connectivity index (χ2v) is 5.03. The van der Waals surface area contributed by atoms with Gasteiger partial charge >= 0.3 is 0 Å². The molecule has 1 fully saturated rings. The standard InChI is InChI=1S/C14H19NO3/c1-10-3-4-11(2)12(7-10)13(16)15-8-14(17)5-6-18-9-14/h3-4,7,17H,5-6,8-9H2,1-2H3,(H,15,16). The van der Waals surface area contributed by atoms with E-state index in [1.807, 2.05) is 32.0 Å². The highest BCUT2D eigenvalue weighted by Gasteiger charge is 2.32. The molecule has 0 radical (unpaired) electrons. The molecule has 1 aliphatic heterocycles. The molecule has 0 spiro atoms. The number of amides is 1. The lowest BCUT2D eigenvalue weighted by Crippen LogP contribution is -2.43. The van der Waals surface area contributed by atoms with Gasteiger partial charge in [0.15, 0.2) is 0 Å². The Bertz CT molecular complexity index is 450. The molecule has 1 aliphatic rings. The van der Waals surface area contributed by atoms with Gasteiger partial charge in [-0.1, -0.05) is 17.7 Å². The number of aliphatic hydroxyl groups is 1. The second kappa shape index (κ2) is 5.08. The van der Waals surface area contributed by atoms with Crippen molar-refractivity contribution in [1.82, 2.24) is 5.32 Å². The van der Waals surface area contributed by atoms with Gasteiger partial charge in [-0.05, 0) is 25.5 Å². The van der Waals surface area contributed by atoms with Crippen molar-refractivity contribution in [3.8, 4) is 0 Å². The van der Waals surface area contributed by atoms with E-state index in [4.69, 9.17) is 4.74 Å². The zero-order chi connectivity index (χ0) is 13.2. The molecular formula is C14H19NO3. The van der Waals surface area contributed by atoms with E-state index in [1.165, 1.54) is 0 Å². The Morgan fingerprint density at radius 2 is 2.28 bits per heavy atom. The summed E-state index contributed by atoms with van der Waals surface area (Å²) in [6.07, 6.45) is 0.570. The van der Waals surface area contributed by atoms with Gasteiger partial charge in [0.1, 0.15) is 5.60 Å². The summed E-state index contributed by atoms with van der Waals surface area (Å²) >= 11 is 0. The number of ether oxygens (including phenoxy) is 1.